The first-order chi connectivity index (χ1) is 24.7. The van der Waals surface area contributed by atoms with Gasteiger partial charge in [-0.15, -0.1) is 0 Å². The molecule has 7 rings (SSSR count). The molecule has 16 heteroatoms. The lowest BCUT2D eigenvalue weighted by Crippen LogP contribution is -2.57. The van der Waals surface area contributed by atoms with Gasteiger partial charge in [0.05, 0.1) is 27.6 Å². The van der Waals surface area contributed by atoms with Gasteiger partial charge in [-0.05, 0) is 81.3 Å². The predicted octanol–water partition coefficient (Wildman–Crippen LogP) is 5.46. The van der Waals surface area contributed by atoms with Crippen LogP contribution in [0, 0.1) is 12.8 Å². The van der Waals surface area contributed by atoms with Crippen LogP contribution in [0.3, 0.4) is 0 Å². The minimum Gasteiger partial charge on any atom is -0.465 e. The number of halogens is 3. The Bertz CT molecular complexity index is 2020. The van der Waals surface area contributed by atoms with E-state index in [1.807, 2.05) is 37.3 Å². The molecule has 0 bridgehead atoms. The summed E-state index contributed by atoms with van der Waals surface area (Å²) in [5.74, 6) is -2.42. The first-order valence-electron chi connectivity index (χ1n) is 17.5. The van der Waals surface area contributed by atoms with Crippen molar-refractivity contribution in [2.24, 2.45) is 5.92 Å². The number of amides is 3. The molecule has 2 aliphatic heterocycles. The van der Waals surface area contributed by atoms with Crippen LogP contribution in [0.1, 0.15) is 68.9 Å². The smallest absolute Gasteiger partial charge is 0.416 e. The monoisotopic (exact) mass is 759 g/mol. The van der Waals surface area contributed by atoms with Crippen molar-refractivity contribution in [3.8, 4) is 5.19 Å². The van der Waals surface area contributed by atoms with Gasteiger partial charge in [-0.2, -0.15) is 13.2 Å². The SMILES string of the molecule is Cc1ccc2nc(O[C@@H]3C[C@H]4C(=O)N[C@]5(C(=O)NS(=O)(=O)C6CC6)C[C@@H]5/C=C\CCCCC[C@H](Nc5cccc(C(F)(F)F)c5)C(=O)N4C3)sc2c1. The molecule has 278 valence electrons. The summed E-state index contributed by atoms with van der Waals surface area (Å²) in [5.41, 5.74) is -0.492. The lowest BCUT2D eigenvalue weighted by Gasteiger charge is -2.30. The first-order valence-corrected chi connectivity index (χ1v) is 19.9. The quantitative estimate of drug-likeness (QED) is 0.270. The fourth-order valence-corrected chi connectivity index (χ4v) is 9.38. The van der Waals surface area contributed by atoms with Gasteiger partial charge < -0.3 is 20.3 Å². The molecule has 3 fully saturated rings. The number of allylic oxidation sites excluding steroid dienone is 1. The van der Waals surface area contributed by atoms with Gasteiger partial charge in [0.25, 0.3) is 11.1 Å². The minimum absolute atomic E-state index is 0.0226. The third-order valence-electron chi connectivity index (χ3n) is 10.2. The third-order valence-corrected chi connectivity index (χ3v) is 12.9. The van der Waals surface area contributed by atoms with Crippen molar-refractivity contribution in [2.75, 3.05) is 11.9 Å². The van der Waals surface area contributed by atoms with E-state index in [2.05, 4.69) is 20.3 Å². The molecule has 0 spiro atoms. The molecule has 2 aromatic carbocycles. The van der Waals surface area contributed by atoms with Crippen LogP contribution in [0.25, 0.3) is 10.2 Å². The molecular formula is C36H40F3N5O6S2. The number of aromatic nitrogens is 1. The van der Waals surface area contributed by atoms with E-state index < -0.39 is 74.4 Å². The van der Waals surface area contributed by atoms with E-state index in [4.69, 9.17) is 4.74 Å². The summed E-state index contributed by atoms with van der Waals surface area (Å²) in [6, 6.07) is 8.33. The Kier molecular flexibility index (Phi) is 9.74. The normalized spacial score (nSPS) is 27.8. The maximum atomic E-state index is 14.5. The summed E-state index contributed by atoms with van der Waals surface area (Å²) in [4.78, 5) is 48.3. The number of thiazole rings is 1. The van der Waals surface area contributed by atoms with E-state index in [0.717, 1.165) is 40.8 Å². The van der Waals surface area contributed by atoms with Crippen LogP contribution in [0.4, 0.5) is 18.9 Å². The number of sulfonamides is 1. The summed E-state index contributed by atoms with van der Waals surface area (Å²) in [7, 11) is -3.91. The molecule has 5 atom stereocenters. The number of anilines is 1. The van der Waals surface area contributed by atoms with Crippen LogP contribution in [-0.2, 0) is 30.6 Å². The second-order valence-electron chi connectivity index (χ2n) is 14.2. The van der Waals surface area contributed by atoms with Crippen molar-refractivity contribution in [1.29, 1.82) is 0 Å². The molecular weight excluding hydrogens is 720 g/mol. The molecule has 1 aromatic heterocycles. The van der Waals surface area contributed by atoms with Gasteiger partial charge in [0.15, 0.2) is 0 Å². The largest absolute Gasteiger partial charge is 0.465 e. The van der Waals surface area contributed by atoms with Crippen LogP contribution in [0.15, 0.2) is 54.6 Å². The fraction of sp³-hybridized carbons (Fsp3) is 0.500. The number of ether oxygens (including phenoxy) is 1. The predicted molar refractivity (Wildman–Crippen MR) is 189 cm³/mol. The minimum atomic E-state index is -4.58. The van der Waals surface area contributed by atoms with Crippen molar-refractivity contribution in [3.63, 3.8) is 0 Å². The number of rotatable bonds is 7. The lowest BCUT2D eigenvalue weighted by atomic mass is 10.0. The molecule has 2 aliphatic carbocycles. The van der Waals surface area contributed by atoms with E-state index in [1.54, 1.807) is 0 Å². The summed E-state index contributed by atoms with van der Waals surface area (Å²) >= 11 is 1.33. The molecule has 0 unspecified atom stereocenters. The summed E-state index contributed by atoms with van der Waals surface area (Å²) < 4.78 is 75.7. The average Bonchev–Trinajstić information content (AvgIpc) is 3.98. The second kappa shape index (κ2) is 14.0. The Labute approximate surface area is 303 Å². The molecule has 52 heavy (non-hydrogen) atoms. The molecule has 3 N–H and O–H groups in total. The van der Waals surface area contributed by atoms with Crippen LogP contribution in [0.5, 0.6) is 5.19 Å². The molecule has 2 saturated carbocycles. The fourth-order valence-electron chi connectivity index (χ4n) is 7.04. The van der Waals surface area contributed by atoms with E-state index in [9.17, 15) is 36.0 Å². The Morgan fingerprint density at radius 2 is 1.90 bits per heavy atom. The van der Waals surface area contributed by atoms with Crippen LogP contribution < -0.4 is 20.1 Å². The Balaban J connectivity index is 1.19. The highest BCUT2D eigenvalue weighted by Gasteiger charge is 2.62. The maximum Gasteiger partial charge on any atom is 0.416 e. The Morgan fingerprint density at radius 3 is 2.67 bits per heavy atom. The molecule has 4 aliphatic rings. The van der Waals surface area contributed by atoms with Crippen LogP contribution in [-0.4, -0.2) is 71.5 Å². The summed E-state index contributed by atoms with van der Waals surface area (Å²) in [6.07, 6.45) is 2.62. The number of nitrogens with one attached hydrogen (secondary N) is 3. The van der Waals surface area contributed by atoms with Crippen molar-refractivity contribution in [1.82, 2.24) is 19.9 Å². The summed E-state index contributed by atoms with van der Waals surface area (Å²) in [6.45, 7) is 1.94. The highest BCUT2D eigenvalue weighted by molar-refractivity contribution is 7.91. The van der Waals surface area contributed by atoms with Crippen LogP contribution in [0.2, 0.25) is 0 Å². The van der Waals surface area contributed by atoms with Crippen molar-refractivity contribution >= 4 is 55.0 Å². The zero-order valence-corrected chi connectivity index (χ0v) is 30.1. The number of benzene rings is 2. The van der Waals surface area contributed by atoms with E-state index in [1.165, 1.54) is 28.4 Å². The van der Waals surface area contributed by atoms with E-state index >= 15 is 0 Å². The van der Waals surface area contributed by atoms with E-state index in [-0.39, 0.29) is 25.1 Å². The number of hydrogen-bond acceptors (Lipinski definition) is 9. The maximum absolute atomic E-state index is 14.5. The first kappa shape index (κ1) is 36.2. The van der Waals surface area contributed by atoms with Gasteiger partial charge in [-0.25, -0.2) is 13.4 Å². The number of hydrogen-bond donors (Lipinski definition) is 3. The molecule has 1 saturated heterocycles. The third kappa shape index (κ3) is 7.77. The zero-order valence-electron chi connectivity index (χ0n) is 28.4. The van der Waals surface area contributed by atoms with Crippen molar-refractivity contribution in [2.45, 2.75) is 99.9 Å². The van der Waals surface area contributed by atoms with Gasteiger partial charge in [-0.1, -0.05) is 48.5 Å². The summed E-state index contributed by atoms with van der Waals surface area (Å²) in [5, 5.41) is 5.56. The van der Waals surface area contributed by atoms with Crippen LogP contribution >= 0.6 is 11.3 Å². The van der Waals surface area contributed by atoms with Gasteiger partial charge >= 0.3 is 6.18 Å². The molecule has 3 amide bonds. The number of nitrogens with zero attached hydrogens (tertiary/aromatic N) is 2. The lowest BCUT2D eigenvalue weighted by molar-refractivity contribution is -0.140. The average molecular weight is 760 g/mol. The van der Waals surface area contributed by atoms with Gasteiger partial charge in [0.1, 0.15) is 23.7 Å². The topological polar surface area (TPSA) is 147 Å². The van der Waals surface area contributed by atoms with Gasteiger partial charge in [0.2, 0.25) is 21.8 Å². The number of alkyl halides is 3. The molecule has 11 nitrogen and oxygen atoms in total. The standard InChI is InChI=1S/C36H40F3N5O6S2/c1-21-12-15-27-30(16-21)51-34(41-27)50-25-18-29-31(45)42-35(33(47)43-52(48,49)26-13-14-26)19-23(35)8-5-3-2-4-6-11-28(32(46)44(29)20-25)40-24-10-7-9-22(17-24)36(37,38)39/h5,7-10,12,15-17,23,25-26,28-29,40H,2-4,6,11,13-14,18-20H2,1H3,(H,42,45)(H,43,47)/b8-5-/t23-,25+,28-,29-,35+/m0/s1. The number of fused-ring (bicyclic) bond motifs is 3. The highest BCUT2D eigenvalue weighted by atomic mass is 32.2. The molecule has 0 radical (unpaired) electrons. The zero-order chi connectivity index (χ0) is 36.8. The second-order valence-corrected chi connectivity index (χ2v) is 17.2. The Morgan fingerprint density at radius 1 is 1.10 bits per heavy atom. The van der Waals surface area contributed by atoms with Crippen molar-refractivity contribution in [3.05, 3.63) is 65.7 Å². The number of carbonyl (C=O) groups is 3. The molecule has 3 heterocycles. The highest BCUT2D eigenvalue weighted by Crippen LogP contribution is 2.46. The van der Waals surface area contributed by atoms with Crippen molar-refractivity contribution < 1.29 is 40.7 Å². The van der Waals surface area contributed by atoms with E-state index in [0.29, 0.717) is 37.3 Å². The Hall–Kier alpha value is -4.18. The number of carbonyl (C=O) groups excluding carboxylic acids is 3. The van der Waals surface area contributed by atoms with Gasteiger partial charge in [-0.3, -0.25) is 19.1 Å². The number of aryl methyl sites for hydroxylation is 1. The molecule has 3 aromatic rings. The van der Waals surface area contributed by atoms with Gasteiger partial charge in [0, 0.05) is 18.0 Å².